The molecule has 2 rings (SSSR count). The number of amides is 2. The minimum Gasteiger partial charge on any atom is -0.350 e. The molecule has 2 amide bonds. The Kier molecular flexibility index (Phi) is 5.30. The van der Waals surface area contributed by atoms with Crippen molar-refractivity contribution in [3.05, 3.63) is 29.1 Å². The molecule has 2 atom stereocenters. The van der Waals surface area contributed by atoms with Gasteiger partial charge in [-0.05, 0) is 37.0 Å². The van der Waals surface area contributed by atoms with Gasteiger partial charge in [-0.3, -0.25) is 14.1 Å². The predicted molar refractivity (Wildman–Crippen MR) is 85.9 cm³/mol. The molecule has 9 nitrogen and oxygen atoms in total. The smallest absolute Gasteiger partial charge is 0.270 e. The van der Waals surface area contributed by atoms with E-state index in [4.69, 9.17) is 9.96 Å². The summed E-state index contributed by atoms with van der Waals surface area (Å²) in [4.78, 5) is 28.0. The Morgan fingerprint density at radius 2 is 1.92 bits per heavy atom. The van der Waals surface area contributed by atoms with Crippen LogP contribution in [0, 0.1) is 18.3 Å². The molecule has 1 heterocycles. The van der Waals surface area contributed by atoms with E-state index >= 15 is 0 Å². The van der Waals surface area contributed by atoms with Gasteiger partial charge in [-0.1, -0.05) is 0 Å². The summed E-state index contributed by atoms with van der Waals surface area (Å²) < 4.78 is 30.8. The number of nitrogens with zero attached hydrogens (tertiary/aromatic N) is 1. The molecule has 1 aliphatic carbocycles. The predicted octanol–water partition coefficient (Wildman–Crippen LogP) is -0.225. The van der Waals surface area contributed by atoms with E-state index in [2.05, 4.69) is 15.6 Å². The molecule has 0 bridgehead atoms. The molecule has 4 N–H and O–H groups in total. The Morgan fingerprint density at radius 3 is 2.42 bits per heavy atom. The third-order valence-electron chi connectivity index (χ3n) is 3.56. The topological polar surface area (TPSA) is 149 Å². The largest absolute Gasteiger partial charge is 0.350 e. The number of hydrogen-bond acceptors (Lipinski definition) is 6. The van der Waals surface area contributed by atoms with Gasteiger partial charge in [0.25, 0.3) is 21.9 Å². The molecular formula is C14H18N4O5S. The van der Waals surface area contributed by atoms with Gasteiger partial charge in [0.2, 0.25) is 0 Å². The van der Waals surface area contributed by atoms with E-state index < -0.39 is 27.2 Å². The number of carbonyl (C=O) groups is 2. The molecule has 0 radical (unpaired) electrons. The number of hydrogen-bond donors (Lipinski definition) is 4. The Labute approximate surface area is 139 Å². The lowest BCUT2D eigenvalue weighted by Gasteiger charge is -2.08. The van der Waals surface area contributed by atoms with E-state index in [-0.39, 0.29) is 30.4 Å². The van der Waals surface area contributed by atoms with Crippen molar-refractivity contribution in [1.82, 2.24) is 15.6 Å². The lowest BCUT2D eigenvalue weighted by Crippen LogP contribution is -2.30. The molecule has 1 aliphatic rings. The average Bonchev–Trinajstić information content (AvgIpc) is 3.29. The highest BCUT2D eigenvalue weighted by Crippen LogP contribution is 2.35. The van der Waals surface area contributed by atoms with E-state index in [0.29, 0.717) is 12.0 Å². The van der Waals surface area contributed by atoms with Crippen LogP contribution in [0.25, 0.3) is 0 Å². The summed E-state index contributed by atoms with van der Waals surface area (Å²) in [6.45, 7) is 1.88. The lowest BCUT2D eigenvalue weighted by molar-refractivity contribution is 0.0944. The van der Waals surface area contributed by atoms with E-state index in [9.17, 15) is 18.0 Å². The molecule has 1 fully saturated rings. The first-order valence-corrected chi connectivity index (χ1v) is 8.73. The quantitative estimate of drug-likeness (QED) is 0.393. The number of rotatable bonds is 7. The number of aromatic nitrogens is 1. The van der Waals surface area contributed by atoms with Crippen LogP contribution < -0.4 is 10.6 Å². The molecule has 1 aromatic rings. The monoisotopic (exact) mass is 354 g/mol. The van der Waals surface area contributed by atoms with Crippen molar-refractivity contribution >= 4 is 28.1 Å². The van der Waals surface area contributed by atoms with Crippen LogP contribution in [0.1, 0.15) is 33.0 Å². The van der Waals surface area contributed by atoms with Gasteiger partial charge in [-0.2, -0.15) is 8.42 Å². The summed E-state index contributed by atoms with van der Waals surface area (Å²) in [5.41, 5.74) is 0.765. The van der Waals surface area contributed by atoms with Gasteiger partial charge < -0.3 is 16.0 Å². The fourth-order valence-corrected chi connectivity index (χ4v) is 3.32. The van der Waals surface area contributed by atoms with Crippen LogP contribution in [0.5, 0.6) is 0 Å². The summed E-state index contributed by atoms with van der Waals surface area (Å²) in [6, 6.07) is 3.03. The molecule has 10 heteroatoms. The lowest BCUT2D eigenvalue weighted by atomic mass is 10.2. The highest BCUT2D eigenvalue weighted by atomic mass is 32.2. The Balaban J connectivity index is 2.00. The van der Waals surface area contributed by atoms with E-state index in [1.807, 2.05) is 0 Å². The summed E-state index contributed by atoms with van der Waals surface area (Å²) >= 11 is 0. The van der Waals surface area contributed by atoms with Crippen LogP contribution in [0.3, 0.4) is 0 Å². The fourth-order valence-electron chi connectivity index (χ4n) is 2.25. The van der Waals surface area contributed by atoms with Crippen molar-refractivity contribution in [3.8, 4) is 0 Å². The molecule has 1 saturated carbocycles. The van der Waals surface area contributed by atoms with Crippen molar-refractivity contribution in [1.29, 1.82) is 5.41 Å². The molecule has 0 saturated heterocycles. The molecule has 24 heavy (non-hydrogen) atoms. The van der Waals surface area contributed by atoms with Crippen LogP contribution in [0.4, 0.5) is 0 Å². The van der Waals surface area contributed by atoms with Crippen LogP contribution in [-0.4, -0.2) is 54.3 Å². The zero-order valence-corrected chi connectivity index (χ0v) is 13.8. The van der Waals surface area contributed by atoms with Crippen LogP contribution in [0.2, 0.25) is 0 Å². The Bertz CT molecular complexity index is 777. The van der Waals surface area contributed by atoms with Crippen molar-refractivity contribution < 1.29 is 22.6 Å². The SMILES string of the molecule is Cc1cc(C(=O)NCC=N)nc(C(=O)NCC2CC2S(=O)(=O)O)c1. The number of nitrogens with one attached hydrogen (secondary N) is 3. The standard InChI is InChI=1S/C14H18N4O5S/c1-8-4-10(13(19)16-3-2-15)18-11(5-8)14(20)17-7-9-6-12(9)24(21,22)23/h2,4-5,9,12,15H,3,6-7H2,1H3,(H,16,19)(H,17,20)(H,21,22,23). The third kappa shape index (κ3) is 4.59. The first-order chi connectivity index (χ1) is 11.2. The Hall–Kier alpha value is -2.33. The van der Waals surface area contributed by atoms with Crippen molar-refractivity contribution in [3.63, 3.8) is 0 Å². The maximum atomic E-state index is 12.1. The van der Waals surface area contributed by atoms with Gasteiger partial charge in [0.1, 0.15) is 11.4 Å². The summed E-state index contributed by atoms with van der Waals surface area (Å²) in [6.07, 6.45) is 1.33. The molecule has 0 aromatic carbocycles. The number of aryl methyl sites for hydroxylation is 1. The second-order valence-corrected chi connectivity index (χ2v) is 7.22. The van der Waals surface area contributed by atoms with Crippen molar-refractivity contribution in [2.24, 2.45) is 5.92 Å². The summed E-state index contributed by atoms with van der Waals surface area (Å²) in [7, 11) is -4.06. The molecule has 0 aliphatic heterocycles. The zero-order valence-electron chi connectivity index (χ0n) is 12.9. The zero-order chi connectivity index (χ0) is 17.9. The van der Waals surface area contributed by atoms with Crippen LogP contribution in [0.15, 0.2) is 12.1 Å². The Morgan fingerprint density at radius 1 is 1.33 bits per heavy atom. The molecule has 1 aromatic heterocycles. The van der Waals surface area contributed by atoms with Crippen LogP contribution >= 0.6 is 0 Å². The van der Waals surface area contributed by atoms with Gasteiger partial charge >= 0.3 is 0 Å². The van der Waals surface area contributed by atoms with Gasteiger partial charge in [0.05, 0.1) is 11.8 Å². The van der Waals surface area contributed by atoms with Crippen molar-refractivity contribution in [2.75, 3.05) is 13.1 Å². The average molecular weight is 354 g/mol. The minimum absolute atomic E-state index is 0.0408. The minimum atomic E-state index is -4.06. The molecular weight excluding hydrogens is 336 g/mol. The van der Waals surface area contributed by atoms with Gasteiger partial charge in [0, 0.05) is 12.8 Å². The van der Waals surface area contributed by atoms with E-state index in [1.54, 1.807) is 6.92 Å². The summed E-state index contributed by atoms with van der Waals surface area (Å²) in [5.74, 6) is -1.34. The normalized spacial score (nSPS) is 19.4. The fraction of sp³-hybridized carbons (Fsp3) is 0.429. The van der Waals surface area contributed by atoms with E-state index in [0.717, 1.165) is 6.21 Å². The van der Waals surface area contributed by atoms with Crippen molar-refractivity contribution in [2.45, 2.75) is 18.6 Å². The van der Waals surface area contributed by atoms with Crippen LogP contribution in [-0.2, 0) is 10.1 Å². The first-order valence-electron chi connectivity index (χ1n) is 7.22. The number of carbonyl (C=O) groups excluding carboxylic acids is 2. The molecule has 2 unspecified atom stereocenters. The number of pyridine rings is 1. The maximum absolute atomic E-state index is 12.1. The summed E-state index contributed by atoms with van der Waals surface area (Å²) in [5, 5.41) is 11.1. The van der Waals surface area contributed by atoms with E-state index in [1.165, 1.54) is 12.1 Å². The highest BCUT2D eigenvalue weighted by molar-refractivity contribution is 7.86. The van der Waals surface area contributed by atoms with Gasteiger partial charge in [-0.25, -0.2) is 4.98 Å². The maximum Gasteiger partial charge on any atom is 0.270 e. The molecule has 0 spiro atoms. The second-order valence-electron chi connectivity index (χ2n) is 5.59. The molecule has 130 valence electrons. The second kappa shape index (κ2) is 7.05. The van der Waals surface area contributed by atoms with Gasteiger partial charge in [0.15, 0.2) is 0 Å². The highest BCUT2D eigenvalue weighted by Gasteiger charge is 2.46. The third-order valence-corrected chi connectivity index (χ3v) is 4.91. The first kappa shape index (κ1) is 18.0. The van der Waals surface area contributed by atoms with Gasteiger partial charge in [-0.15, -0.1) is 0 Å².